The SMILES string of the molecule is OC(CNc1cc(F)c(C2=CCNC(Cc3ccccc3)C2)c(F)c1)COc1ccon1. The number of hydrogen-bond acceptors (Lipinski definition) is 6. The van der Waals surface area contributed by atoms with Gasteiger partial charge in [-0.25, -0.2) is 8.78 Å². The van der Waals surface area contributed by atoms with E-state index in [0.29, 0.717) is 18.5 Å². The Balaban J connectivity index is 1.36. The van der Waals surface area contributed by atoms with E-state index in [0.717, 1.165) is 6.42 Å². The summed E-state index contributed by atoms with van der Waals surface area (Å²) in [5, 5.41) is 19.8. The highest BCUT2D eigenvalue weighted by molar-refractivity contribution is 5.70. The van der Waals surface area contributed by atoms with Gasteiger partial charge in [-0.15, -0.1) is 0 Å². The van der Waals surface area contributed by atoms with Crippen molar-refractivity contribution in [2.75, 3.05) is 25.0 Å². The van der Waals surface area contributed by atoms with Crippen molar-refractivity contribution in [3.05, 3.63) is 83.6 Å². The summed E-state index contributed by atoms with van der Waals surface area (Å²) in [4.78, 5) is 0. The third-order valence-electron chi connectivity index (χ3n) is 5.29. The van der Waals surface area contributed by atoms with Gasteiger partial charge in [0.25, 0.3) is 5.88 Å². The Bertz CT molecular complexity index is 1020. The van der Waals surface area contributed by atoms with Crippen LogP contribution in [0.25, 0.3) is 5.57 Å². The molecule has 0 fully saturated rings. The number of ether oxygens (including phenoxy) is 1. The molecule has 0 aliphatic carbocycles. The van der Waals surface area contributed by atoms with Crippen molar-refractivity contribution in [2.24, 2.45) is 0 Å². The molecule has 3 aromatic rings. The van der Waals surface area contributed by atoms with Crippen LogP contribution in [0.15, 0.2) is 65.4 Å². The predicted octanol–water partition coefficient (Wildman–Crippen LogP) is 3.79. The lowest BCUT2D eigenvalue weighted by atomic mass is 9.91. The van der Waals surface area contributed by atoms with Crippen molar-refractivity contribution in [3.8, 4) is 5.88 Å². The Kier molecular flexibility index (Phi) is 7.14. The first-order chi connectivity index (χ1) is 15.6. The first kappa shape index (κ1) is 22.0. The van der Waals surface area contributed by atoms with Gasteiger partial charge in [0.2, 0.25) is 0 Å². The molecular formula is C24H25F2N3O3. The minimum Gasteiger partial charge on any atom is -0.473 e. The monoisotopic (exact) mass is 441 g/mol. The van der Waals surface area contributed by atoms with E-state index in [9.17, 15) is 13.9 Å². The van der Waals surface area contributed by atoms with E-state index in [1.54, 1.807) is 0 Å². The molecule has 1 aromatic heterocycles. The molecule has 6 nitrogen and oxygen atoms in total. The van der Waals surface area contributed by atoms with Gasteiger partial charge < -0.3 is 25.0 Å². The second-order valence-corrected chi connectivity index (χ2v) is 7.73. The lowest BCUT2D eigenvalue weighted by molar-refractivity contribution is 0.112. The Morgan fingerprint density at radius 2 is 1.97 bits per heavy atom. The fourth-order valence-electron chi connectivity index (χ4n) is 3.75. The third-order valence-corrected chi connectivity index (χ3v) is 5.29. The van der Waals surface area contributed by atoms with Gasteiger partial charge in [0.15, 0.2) is 0 Å². The maximum atomic E-state index is 14.9. The fraction of sp³-hybridized carbons (Fsp3) is 0.292. The van der Waals surface area contributed by atoms with E-state index in [4.69, 9.17) is 4.74 Å². The molecule has 8 heteroatoms. The summed E-state index contributed by atoms with van der Waals surface area (Å²) in [6.07, 6.45) is 3.61. The molecule has 168 valence electrons. The molecular weight excluding hydrogens is 416 g/mol. The summed E-state index contributed by atoms with van der Waals surface area (Å²) >= 11 is 0. The highest BCUT2D eigenvalue weighted by Crippen LogP contribution is 2.30. The first-order valence-electron chi connectivity index (χ1n) is 10.5. The average molecular weight is 441 g/mol. The van der Waals surface area contributed by atoms with Gasteiger partial charge in [-0.3, -0.25) is 0 Å². The summed E-state index contributed by atoms with van der Waals surface area (Å²) in [6, 6.07) is 14.1. The van der Waals surface area contributed by atoms with Gasteiger partial charge in [0.05, 0.1) is 0 Å². The van der Waals surface area contributed by atoms with Crippen molar-refractivity contribution >= 4 is 11.3 Å². The quantitative estimate of drug-likeness (QED) is 0.469. The zero-order chi connectivity index (χ0) is 22.3. The smallest absolute Gasteiger partial charge is 0.254 e. The number of benzene rings is 2. The summed E-state index contributed by atoms with van der Waals surface area (Å²) in [5.41, 5.74) is 2.09. The van der Waals surface area contributed by atoms with E-state index < -0.39 is 17.7 Å². The molecule has 2 aromatic carbocycles. The van der Waals surface area contributed by atoms with E-state index in [1.165, 1.54) is 30.0 Å². The number of hydrogen-bond donors (Lipinski definition) is 3. The predicted molar refractivity (Wildman–Crippen MR) is 117 cm³/mol. The maximum Gasteiger partial charge on any atom is 0.254 e. The molecule has 0 saturated heterocycles. The molecule has 0 spiro atoms. The number of anilines is 1. The Hall–Kier alpha value is -3.23. The highest BCUT2D eigenvalue weighted by Gasteiger charge is 2.22. The first-order valence-corrected chi connectivity index (χ1v) is 10.5. The maximum absolute atomic E-state index is 14.9. The van der Waals surface area contributed by atoms with Crippen LogP contribution in [0.2, 0.25) is 0 Å². The second-order valence-electron chi connectivity index (χ2n) is 7.73. The minimum atomic E-state index is -0.900. The van der Waals surface area contributed by atoms with Gasteiger partial charge in [-0.1, -0.05) is 36.4 Å². The molecule has 2 heterocycles. The summed E-state index contributed by atoms with van der Waals surface area (Å²) in [7, 11) is 0. The molecule has 2 unspecified atom stereocenters. The largest absolute Gasteiger partial charge is 0.473 e. The lowest BCUT2D eigenvalue weighted by Crippen LogP contribution is -2.35. The third kappa shape index (κ3) is 5.72. The van der Waals surface area contributed by atoms with E-state index in [1.807, 2.05) is 36.4 Å². The standard InChI is InChI=1S/C24H25F2N3O3/c25-21-12-19(28-14-20(30)15-31-23-7-9-32-29-23)13-22(26)24(21)17-6-8-27-18(11-17)10-16-4-2-1-3-5-16/h1-7,9,12-13,18,20,27-28,30H,8,10-11,14-15H2. The van der Waals surface area contributed by atoms with Gasteiger partial charge >= 0.3 is 0 Å². The zero-order valence-electron chi connectivity index (χ0n) is 17.4. The molecule has 1 aliphatic rings. The van der Waals surface area contributed by atoms with Crippen LogP contribution < -0.4 is 15.4 Å². The molecule has 32 heavy (non-hydrogen) atoms. The van der Waals surface area contributed by atoms with E-state index >= 15 is 0 Å². The van der Waals surface area contributed by atoms with Gasteiger partial charge in [-0.2, -0.15) is 0 Å². The number of rotatable bonds is 9. The normalized spacial score (nSPS) is 17.0. The molecule has 2 atom stereocenters. The molecule has 0 amide bonds. The van der Waals surface area contributed by atoms with Crippen LogP contribution in [-0.4, -0.2) is 42.1 Å². The number of nitrogens with one attached hydrogen (secondary N) is 2. The molecule has 1 aliphatic heterocycles. The van der Waals surface area contributed by atoms with Gasteiger partial charge in [-0.05, 0) is 41.3 Å². The van der Waals surface area contributed by atoms with Crippen LogP contribution in [0.5, 0.6) is 5.88 Å². The molecule has 4 rings (SSSR count). The van der Waals surface area contributed by atoms with Crippen LogP contribution in [-0.2, 0) is 6.42 Å². The van der Waals surface area contributed by atoms with Gasteiger partial charge in [0, 0.05) is 36.4 Å². The minimum absolute atomic E-state index is 0.00465. The second kappa shape index (κ2) is 10.4. The number of aliphatic hydroxyl groups is 1. The summed E-state index contributed by atoms with van der Waals surface area (Å²) < 4.78 is 39.6. The number of aliphatic hydroxyl groups excluding tert-OH is 1. The zero-order valence-corrected chi connectivity index (χ0v) is 17.4. The average Bonchev–Trinajstić information content (AvgIpc) is 3.31. The molecule has 0 bridgehead atoms. The Labute approximate surface area is 184 Å². The van der Waals surface area contributed by atoms with E-state index in [2.05, 4.69) is 20.3 Å². The highest BCUT2D eigenvalue weighted by atomic mass is 19.1. The number of nitrogens with zero attached hydrogens (tertiary/aromatic N) is 1. The van der Waals surface area contributed by atoms with Crippen LogP contribution in [0, 0.1) is 11.6 Å². The molecule has 0 radical (unpaired) electrons. The van der Waals surface area contributed by atoms with Crippen molar-refractivity contribution in [2.45, 2.75) is 25.0 Å². The number of aromatic nitrogens is 1. The van der Waals surface area contributed by atoms with Crippen LogP contribution in [0.3, 0.4) is 0 Å². The Morgan fingerprint density at radius 3 is 2.69 bits per heavy atom. The van der Waals surface area contributed by atoms with Crippen molar-refractivity contribution in [3.63, 3.8) is 0 Å². The Morgan fingerprint density at radius 1 is 1.19 bits per heavy atom. The van der Waals surface area contributed by atoms with Crippen molar-refractivity contribution < 1.29 is 23.1 Å². The lowest BCUT2D eigenvalue weighted by Gasteiger charge is -2.25. The molecule has 3 N–H and O–H groups in total. The van der Waals surface area contributed by atoms with Crippen molar-refractivity contribution in [1.82, 2.24) is 10.5 Å². The van der Waals surface area contributed by atoms with Crippen molar-refractivity contribution in [1.29, 1.82) is 0 Å². The topological polar surface area (TPSA) is 79.5 Å². The fourth-order valence-corrected chi connectivity index (χ4v) is 3.75. The summed E-state index contributed by atoms with van der Waals surface area (Å²) in [6.45, 7) is 0.580. The van der Waals surface area contributed by atoms with E-state index in [-0.39, 0.29) is 36.3 Å². The van der Waals surface area contributed by atoms with Crippen LogP contribution >= 0.6 is 0 Å². The van der Waals surface area contributed by atoms with Crippen LogP contribution in [0.4, 0.5) is 14.5 Å². The molecule has 0 saturated carbocycles. The van der Waals surface area contributed by atoms with Crippen LogP contribution in [0.1, 0.15) is 17.5 Å². The summed E-state index contributed by atoms with van der Waals surface area (Å²) in [5.74, 6) is -1.01. The van der Waals surface area contributed by atoms with Gasteiger partial charge in [0.1, 0.15) is 30.6 Å². The number of halogens is 2.